The average Bonchev–Trinajstić information content (AvgIpc) is 2.95. The smallest absolute Gasteiger partial charge is 0.302 e. The Balaban J connectivity index is 1.72. The first-order chi connectivity index (χ1) is 12.7. The largest absolute Gasteiger partial charge is 0.462 e. The number of carbonyl (C=O) groups excluding carboxylic acids is 3. The molecule has 0 aromatic heterocycles. The van der Waals surface area contributed by atoms with Crippen molar-refractivity contribution in [3.05, 3.63) is 0 Å². The van der Waals surface area contributed by atoms with Crippen LogP contribution >= 0.6 is 0 Å². The third-order valence-corrected chi connectivity index (χ3v) is 9.36. The highest BCUT2D eigenvalue weighted by Gasteiger charge is 2.65. The zero-order valence-electron chi connectivity index (χ0n) is 17.3. The van der Waals surface area contributed by atoms with E-state index in [4.69, 9.17) is 4.74 Å². The number of Topliss-reactive ketones (excluding diaryl/α,β-unsaturated/α-hetero) is 2. The highest BCUT2D eigenvalue weighted by molar-refractivity contribution is 5.80. The van der Waals surface area contributed by atoms with E-state index < -0.39 is 0 Å². The van der Waals surface area contributed by atoms with Gasteiger partial charge in [-0.3, -0.25) is 14.4 Å². The summed E-state index contributed by atoms with van der Waals surface area (Å²) < 4.78 is 5.93. The number of fused-ring (bicyclic) bond motifs is 5. The number of esters is 1. The third-order valence-electron chi connectivity index (χ3n) is 9.36. The number of rotatable bonds is 2. The van der Waals surface area contributed by atoms with Crippen molar-refractivity contribution in [1.29, 1.82) is 0 Å². The summed E-state index contributed by atoms with van der Waals surface area (Å²) in [5, 5.41) is 0. The molecule has 8 atom stereocenters. The molecular formula is C23H34O4. The Labute approximate surface area is 162 Å². The van der Waals surface area contributed by atoms with Crippen molar-refractivity contribution >= 4 is 17.5 Å². The summed E-state index contributed by atoms with van der Waals surface area (Å²) in [5.74, 6) is 2.47. The average molecular weight is 375 g/mol. The first kappa shape index (κ1) is 19.1. The summed E-state index contributed by atoms with van der Waals surface area (Å²) in [6, 6.07) is 0. The van der Waals surface area contributed by atoms with Crippen molar-refractivity contribution in [2.24, 2.45) is 40.4 Å². The quantitative estimate of drug-likeness (QED) is 0.675. The zero-order chi connectivity index (χ0) is 19.6. The number of ketones is 2. The first-order valence-electron chi connectivity index (χ1n) is 10.9. The van der Waals surface area contributed by atoms with Crippen molar-refractivity contribution in [2.45, 2.75) is 85.2 Å². The van der Waals surface area contributed by atoms with Gasteiger partial charge in [-0.25, -0.2) is 0 Å². The van der Waals surface area contributed by atoms with Crippen LogP contribution in [-0.2, 0) is 19.1 Å². The fourth-order valence-electron chi connectivity index (χ4n) is 8.02. The maximum Gasteiger partial charge on any atom is 0.302 e. The van der Waals surface area contributed by atoms with E-state index in [0.717, 1.165) is 44.9 Å². The summed E-state index contributed by atoms with van der Waals surface area (Å²) >= 11 is 0. The van der Waals surface area contributed by atoms with Crippen molar-refractivity contribution in [3.63, 3.8) is 0 Å². The fourth-order valence-corrected chi connectivity index (χ4v) is 8.02. The molecule has 4 aliphatic rings. The normalized spacial score (nSPS) is 49.0. The Morgan fingerprint density at radius 1 is 1.04 bits per heavy atom. The summed E-state index contributed by atoms with van der Waals surface area (Å²) in [4.78, 5) is 36.5. The molecule has 0 spiro atoms. The van der Waals surface area contributed by atoms with Crippen LogP contribution in [0.3, 0.4) is 0 Å². The molecule has 0 N–H and O–H groups in total. The van der Waals surface area contributed by atoms with Gasteiger partial charge in [0.25, 0.3) is 0 Å². The van der Waals surface area contributed by atoms with Crippen molar-refractivity contribution < 1.29 is 19.1 Å². The van der Waals surface area contributed by atoms with Gasteiger partial charge in [0.1, 0.15) is 17.7 Å². The summed E-state index contributed by atoms with van der Waals surface area (Å²) in [5.41, 5.74) is -0.0583. The molecule has 4 nitrogen and oxygen atoms in total. The van der Waals surface area contributed by atoms with Crippen LogP contribution in [-0.4, -0.2) is 23.6 Å². The summed E-state index contributed by atoms with van der Waals surface area (Å²) in [6.07, 6.45) is 7.39. The lowest BCUT2D eigenvalue weighted by Gasteiger charge is -2.61. The lowest BCUT2D eigenvalue weighted by Crippen LogP contribution is -2.59. The monoisotopic (exact) mass is 374 g/mol. The maximum absolute atomic E-state index is 12.4. The second-order valence-electron chi connectivity index (χ2n) is 10.3. The Hall–Kier alpha value is -1.19. The lowest BCUT2D eigenvalue weighted by molar-refractivity contribution is -0.191. The number of carbonyl (C=O) groups is 3. The highest BCUT2D eigenvalue weighted by atomic mass is 16.5. The SMILES string of the molecule is CC(=O)O[C@H]1C[C@@H]2[C@H](CC[C@H]3CC(=O)CC[C@@]32C)[C@H]2CC[C@@H](C(C)=O)[C@@]12C. The van der Waals surface area contributed by atoms with E-state index in [9.17, 15) is 14.4 Å². The highest BCUT2D eigenvalue weighted by Crippen LogP contribution is 2.67. The molecule has 0 radical (unpaired) electrons. The molecule has 0 aromatic rings. The minimum Gasteiger partial charge on any atom is -0.462 e. The van der Waals surface area contributed by atoms with Crippen LogP contribution in [0.15, 0.2) is 0 Å². The minimum atomic E-state index is -0.232. The van der Waals surface area contributed by atoms with Gasteiger partial charge in [0.05, 0.1) is 0 Å². The van der Waals surface area contributed by atoms with E-state index in [1.54, 1.807) is 6.92 Å². The predicted octanol–water partition coefficient (Wildman–Crippen LogP) is 4.35. The van der Waals surface area contributed by atoms with E-state index in [1.165, 1.54) is 6.92 Å². The van der Waals surface area contributed by atoms with E-state index in [0.29, 0.717) is 35.9 Å². The molecule has 0 aromatic carbocycles. The third kappa shape index (κ3) is 2.73. The molecule has 4 fully saturated rings. The molecule has 4 saturated carbocycles. The van der Waals surface area contributed by atoms with Gasteiger partial charge in [-0.15, -0.1) is 0 Å². The second-order valence-corrected chi connectivity index (χ2v) is 10.3. The zero-order valence-corrected chi connectivity index (χ0v) is 17.3. The molecular weight excluding hydrogens is 340 g/mol. The molecule has 0 saturated heterocycles. The van der Waals surface area contributed by atoms with Gasteiger partial charge in [0.2, 0.25) is 0 Å². The second kappa shape index (κ2) is 6.42. The van der Waals surface area contributed by atoms with E-state index >= 15 is 0 Å². The molecule has 4 aliphatic carbocycles. The Morgan fingerprint density at radius 2 is 1.78 bits per heavy atom. The van der Waals surface area contributed by atoms with Crippen LogP contribution in [0, 0.1) is 40.4 Å². The Bertz CT molecular complexity index is 669. The van der Waals surface area contributed by atoms with Crippen molar-refractivity contribution in [2.75, 3.05) is 0 Å². The lowest BCUT2D eigenvalue weighted by atomic mass is 9.44. The first-order valence-corrected chi connectivity index (χ1v) is 10.9. The van der Waals surface area contributed by atoms with Crippen molar-refractivity contribution in [1.82, 2.24) is 0 Å². The van der Waals surface area contributed by atoms with Gasteiger partial charge < -0.3 is 4.74 Å². The van der Waals surface area contributed by atoms with Crippen LogP contribution < -0.4 is 0 Å². The number of hydrogen-bond donors (Lipinski definition) is 0. The number of hydrogen-bond acceptors (Lipinski definition) is 4. The molecule has 0 bridgehead atoms. The van der Waals surface area contributed by atoms with Gasteiger partial charge in [0.15, 0.2) is 0 Å². The summed E-state index contributed by atoms with van der Waals surface area (Å²) in [6.45, 7) is 7.82. The molecule has 0 heterocycles. The molecule has 150 valence electrons. The predicted molar refractivity (Wildman–Crippen MR) is 102 cm³/mol. The molecule has 0 aliphatic heterocycles. The number of ether oxygens (including phenoxy) is 1. The Kier molecular flexibility index (Phi) is 4.55. The van der Waals surface area contributed by atoms with E-state index in [2.05, 4.69) is 13.8 Å². The van der Waals surface area contributed by atoms with Crippen molar-refractivity contribution in [3.8, 4) is 0 Å². The molecule has 27 heavy (non-hydrogen) atoms. The van der Waals surface area contributed by atoms with Crippen LogP contribution in [0.5, 0.6) is 0 Å². The molecule has 4 rings (SSSR count). The van der Waals surface area contributed by atoms with Gasteiger partial charge in [-0.2, -0.15) is 0 Å². The van der Waals surface area contributed by atoms with Crippen LogP contribution in [0.1, 0.15) is 79.1 Å². The topological polar surface area (TPSA) is 60.4 Å². The van der Waals surface area contributed by atoms with Crippen LogP contribution in [0.25, 0.3) is 0 Å². The van der Waals surface area contributed by atoms with E-state index in [1.807, 2.05) is 0 Å². The van der Waals surface area contributed by atoms with E-state index in [-0.39, 0.29) is 34.6 Å². The van der Waals surface area contributed by atoms with Gasteiger partial charge in [-0.05, 0) is 74.5 Å². The maximum atomic E-state index is 12.4. The molecule has 4 heteroatoms. The molecule has 0 amide bonds. The Morgan fingerprint density at radius 3 is 2.44 bits per heavy atom. The standard InChI is InChI=1S/C23H34O4/c1-13(24)18-7-8-19-17-6-5-15-11-16(26)9-10-22(15,3)20(17)12-21(23(18,19)4)27-14(2)25/h15,17-21H,5-12H2,1-4H3/t15-,17+,18-,19+,20+,21-,22-,23+/m0/s1. The van der Waals surface area contributed by atoms with Gasteiger partial charge in [-0.1, -0.05) is 13.8 Å². The molecule has 0 unspecified atom stereocenters. The van der Waals surface area contributed by atoms with Gasteiger partial charge >= 0.3 is 5.97 Å². The van der Waals surface area contributed by atoms with Gasteiger partial charge in [0, 0.05) is 31.1 Å². The van der Waals surface area contributed by atoms with Crippen LogP contribution in [0.4, 0.5) is 0 Å². The summed E-state index contributed by atoms with van der Waals surface area (Å²) in [7, 11) is 0. The minimum absolute atomic E-state index is 0.00580. The van der Waals surface area contributed by atoms with Crippen LogP contribution in [0.2, 0.25) is 0 Å². The fraction of sp³-hybridized carbons (Fsp3) is 0.870.